The number of sulfonamides is 1. The van der Waals surface area contributed by atoms with Crippen LogP contribution in [0.5, 0.6) is 0 Å². The van der Waals surface area contributed by atoms with Gasteiger partial charge in [-0.3, -0.25) is 0 Å². The first-order chi connectivity index (χ1) is 9.81. The minimum atomic E-state index is -3.67. The molecule has 0 fully saturated rings. The second-order valence-electron chi connectivity index (χ2n) is 4.91. The summed E-state index contributed by atoms with van der Waals surface area (Å²) in [7, 11) is -3.67. The van der Waals surface area contributed by atoms with Crippen molar-refractivity contribution >= 4 is 31.6 Å². The number of aryl methyl sites for hydroxylation is 1. The van der Waals surface area contributed by atoms with E-state index in [0.717, 1.165) is 15.6 Å². The topological polar surface area (TPSA) is 72.2 Å². The van der Waals surface area contributed by atoms with Crippen LogP contribution in [0, 0.1) is 6.92 Å². The zero-order valence-corrected chi connectivity index (χ0v) is 14.2. The monoisotopic (exact) mass is 368 g/mol. The van der Waals surface area contributed by atoms with E-state index >= 15 is 0 Å². The molecule has 21 heavy (non-hydrogen) atoms. The van der Waals surface area contributed by atoms with Gasteiger partial charge in [0, 0.05) is 10.5 Å². The number of nitrogens with one attached hydrogen (secondary N) is 1. The Hall–Kier alpha value is -1.37. The van der Waals surface area contributed by atoms with Gasteiger partial charge in [-0.05, 0) is 43.2 Å². The molecule has 0 aromatic heterocycles. The Morgan fingerprint density at radius 1 is 1.19 bits per heavy atom. The van der Waals surface area contributed by atoms with Crippen LogP contribution in [0.3, 0.4) is 0 Å². The van der Waals surface area contributed by atoms with Gasteiger partial charge in [0.1, 0.15) is 4.90 Å². The Morgan fingerprint density at radius 2 is 1.86 bits per heavy atom. The van der Waals surface area contributed by atoms with Crippen LogP contribution in [0.25, 0.3) is 0 Å². The van der Waals surface area contributed by atoms with Gasteiger partial charge in [-0.2, -0.15) is 0 Å². The van der Waals surface area contributed by atoms with Gasteiger partial charge < -0.3 is 5.73 Å². The summed E-state index contributed by atoms with van der Waals surface area (Å²) in [5, 5.41) is 0. The third-order valence-corrected chi connectivity index (χ3v) is 5.50. The molecular formula is C15H17BrN2O2S. The van der Waals surface area contributed by atoms with Crippen LogP contribution in [0.4, 0.5) is 5.69 Å². The highest BCUT2D eigenvalue weighted by Gasteiger charge is 2.21. The Balaban J connectivity index is 2.31. The van der Waals surface area contributed by atoms with Crippen molar-refractivity contribution in [3.8, 4) is 0 Å². The molecule has 0 saturated heterocycles. The van der Waals surface area contributed by atoms with E-state index in [4.69, 9.17) is 5.73 Å². The van der Waals surface area contributed by atoms with E-state index < -0.39 is 10.0 Å². The first-order valence-electron chi connectivity index (χ1n) is 6.44. The minimum absolute atomic E-state index is 0.104. The highest BCUT2D eigenvalue weighted by atomic mass is 79.9. The van der Waals surface area contributed by atoms with Gasteiger partial charge in [0.15, 0.2) is 0 Å². The van der Waals surface area contributed by atoms with E-state index in [9.17, 15) is 8.42 Å². The third kappa shape index (κ3) is 3.64. The molecule has 4 nitrogen and oxygen atoms in total. The fraction of sp³-hybridized carbons (Fsp3) is 0.200. The van der Waals surface area contributed by atoms with Crippen LogP contribution in [0.15, 0.2) is 51.8 Å². The lowest BCUT2D eigenvalue weighted by Crippen LogP contribution is -2.27. The molecule has 2 rings (SSSR count). The van der Waals surface area contributed by atoms with Crippen molar-refractivity contribution in [2.75, 3.05) is 5.73 Å². The standard InChI is InChI=1S/C15H17BrN2O2S/c1-10-7-8-15(14(17)9-10)21(19,20)18-11(2)12-5-3-4-6-13(12)16/h3-9,11,18H,17H2,1-2H3. The second-order valence-corrected chi connectivity index (χ2v) is 7.44. The van der Waals surface area contributed by atoms with Crippen molar-refractivity contribution in [1.82, 2.24) is 4.72 Å². The molecule has 1 unspecified atom stereocenters. The molecule has 3 N–H and O–H groups in total. The maximum Gasteiger partial charge on any atom is 0.243 e. The summed E-state index contributed by atoms with van der Waals surface area (Å²) in [4.78, 5) is 0.104. The molecule has 2 aromatic carbocycles. The van der Waals surface area contributed by atoms with Gasteiger partial charge in [0.2, 0.25) is 10.0 Å². The zero-order valence-electron chi connectivity index (χ0n) is 11.8. The summed E-state index contributed by atoms with van der Waals surface area (Å²) in [5.74, 6) is 0. The van der Waals surface area contributed by atoms with Crippen molar-refractivity contribution in [1.29, 1.82) is 0 Å². The fourth-order valence-electron chi connectivity index (χ4n) is 2.10. The molecule has 0 radical (unpaired) electrons. The molecular weight excluding hydrogens is 352 g/mol. The lowest BCUT2D eigenvalue weighted by molar-refractivity contribution is 0.567. The Labute approximate surface area is 133 Å². The Morgan fingerprint density at radius 3 is 2.48 bits per heavy atom. The molecule has 0 aliphatic rings. The number of rotatable bonds is 4. The number of benzene rings is 2. The highest BCUT2D eigenvalue weighted by molar-refractivity contribution is 9.10. The van der Waals surface area contributed by atoms with Crippen LogP contribution in [0.2, 0.25) is 0 Å². The number of anilines is 1. The average Bonchev–Trinajstić information content (AvgIpc) is 2.37. The first kappa shape index (κ1) is 16.0. The number of halogens is 1. The van der Waals surface area contributed by atoms with E-state index in [1.54, 1.807) is 19.1 Å². The largest absolute Gasteiger partial charge is 0.398 e. The quantitative estimate of drug-likeness (QED) is 0.812. The molecule has 1 atom stereocenters. The molecule has 0 heterocycles. The lowest BCUT2D eigenvalue weighted by Gasteiger charge is -2.17. The lowest BCUT2D eigenvalue weighted by atomic mass is 10.1. The molecule has 0 bridgehead atoms. The summed E-state index contributed by atoms with van der Waals surface area (Å²) < 4.78 is 28.4. The van der Waals surface area contributed by atoms with Crippen molar-refractivity contribution in [2.24, 2.45) is 0 Å². The van der Waals surface area contributed by atoms with Gasteiger partial charge in [-0.15, -0.1) is 0 Å². The van der Waals surface area contributed by atoms with Gasteiger partial charge in [-0.25, -0.2) is 13.1 Å². The van der Waals surface area contributed by atoms with Crippen molar-refractivity contribution < 1.29 is 8.42 Å². The summed E-state index contributed by atoms with van der Waals surface area (Å²) in [6.07, 6.45) is 0. The number of hydrogen-bond donors (Lipinski definition) is 2. The molecule has 2 aromatic rings. The zero-order chi connectivity index (χ0) is 15.6. The summed E-state index contributed by atoms with van der Waals surface area (Å²) >= 11 is 3.43. The van der Waals surface area contributed by atoms with Crippen LogP contribution in [0.1, 0.15) is 24.1 Å². The summed E-state index contributed by atoms with van der Waals surface area (Å²) in [6, 6.07) is 12.0. The van der Waals surface area contributed by atoms with Gasteiger partial charge in [-0.1, -0.05) is 40.2 Å². The Bertz CT molecular complexity index is 760. The van der Waals surface area contributed by atoms with E-state index in [1.165, 1.54) is 6.07 Å². The second kappa shape index (κ2) is 6.17. The predicted octanol–water partition coefficient (Wildman–Crippen LogP) is 3.38. The van der Waals surface area contributed by atoms with Crippen molar-refractivity contribution in [3.05, 3.63) is 58.1 Å². The molecule has 112 valence electrons. The molecule has 0 aliphatic heterocycles. The third-order valence-electron chi connectivity index (χ3n) is 3.16. The van der Waals surface area contributed by atoms with Crippen LogP contribution in [-0.4, -0.2) is 8.42 Å². The summed E-state index contributed by atoms with van der Waals surface area (Å²) in [6.45, 7) is 3.66. The minimum Gasteiger partial charge on any atom is -0.398 e. The maximum atomic E-state index is 12.5. The van der Waals surface area contributed by atoms with Crippen LogP contribution < -0.4 is 10.5 Å². The normalized spacial score (nSPS) is 13.1. The predicted molar refractivity (Wildman–Crippen MR) is 88.5 cm³/mol. The van der Waals surface area contributed by atoms with E-state index in [2.05, 4.69) is 20.7 Å². The number of hydrogen-bond acceptors (Lipinski definition) is 3. The van der Waals surface area contributed by atoms with E-state index in [-0.39, 0.29) is 16.6 Å². The van der Waals surface area contributed by atoms with Crippen LogP contribution >= 0.6 is 15.9 Å². The maximum absolute atomic E-state index is 12.5. The molecule has 0 amide bonds. The number of nitrogen functional groups attached to an aromatic ring is 1. The van der Waals surface area contributed by atoms with E-state index in [0.29, 0.717) is 0 Å². The van der Waals surface area contributed by atoms with Gasteiger partial charge in [0.25, 0.3) is 0 Å². The molecule has 6 heteroatoms. The number of nitrogens with two attached hydrogens (primary N) is 1. The van der Waals surface area contributed by atoms with E-state index in [1.807, 2.05) is 31.2 Å². The average molecular weight is 369 g/mol. The van der Waals surface area contributed by atoms with Crippen molar-refractivity contribution in [3.63, 3.8) is 0 Å². The molecule has 0 spiro atoms. The van der Waals surface area contributed by atoms with Crippen LogP contribution in [-0.2, 0) is 10.0 Å². The highest BCUT2D eigenvalue weighted by Crippen LogP contribution is 2.26. The Kier molecular flexibility index (Phi) is 4.70. The molecule has 0 saturated carbocycles. The molecule has 0 aliphatic carbocycles. The first-order valence-corrected chi connectivity index (χ1v) is 8.72. The van der Waals surface area contributed by atoms with Gasteiger partial charge in [0.05, 0.1) is 5.69 Å². The summed E-state index contributed by atoms with van der Waals surface area (Å²) in [5.41, 5.74) is 7.86. The smallest absolute Gasteiger partial charge is 0.243 e. The van der Waals surface area contributed by atoms with Crippen molar-refractivity contribution in [2.45, 2.75) is 24.8 Å². The van der Waals surface area contributed by atoms with Gasteiger partial charge >= 0.3 is 0 Å². The SMILES string of the molecule is Cc1ccc(S(=O)(=O)NC(C)c2ccccc2Br)c(N)c1. The fourth-order valence-corrected chi connectivity index (χ4v) is 4.06.